The van der Waals surface area contributed by atoms with Gasteiger partial charge in [-0.1, -0.05) is 0 Å². The van der Waals surface area contributed by atoms with Crippen LogP contribution in [0.25, 0.3) is 0 Å². The van der Waals surface area contributed by atoms with Crippen LogP contribution >= 0.6 is 0 Å². The number of hydrogen-bond donors (Lipinski definition) is 4. The van der Waals surface area contributed by atoms with Crippen molar-refractivity contribution in [1.82, 2.24) is 0 Å². The molecule has 1 rings (SSSR count). The van der Waals surface area contributed by atoms with Crippen molar-refractivity contribution in [3.63, 3.8) is 0 Å². The van der Waals surface area contributed by atoms with Gasteiger partial charge in [0.05, 0.1) is 10.6 Å². The number of hydrogen-bond acceptors (Lipinski definition) is 5. The molecule has 0 fully saturated rings. The molecule has 0 unspecified atom stereocenters. The number of carboxylic acid groups (broad SMARTS) is 1. The second-order valence-electron chi connectivity index (χ2n) is 2.69. The maximum atomic E-state index is 10.7. The van der Waals surface area contributed by atoms with Gasteiger partial charge in [-0.05, 0) is 12.1 Å². The fourth-order valence-electron chi connectivity index (χ4n) is 0.941. The molecule has 5 N–H and O–H groups in total. The van der Waals surface area contributed by atoms with E-state index < -0.39 is 38.0 Å². The molecule has 0 atom stereocenters. The van der Waals surface area contributed by atoms with Gasteiger partial charge in [0.25, 0.3) is 10.1 Å². The van der Waals surface area contributed by atoms with E-state index in [9.17, 15) is 18.3 Å². The van der Waals surface area contributed by atoms with Crippen LogP contribution < -0.4 is 5.73 Å². The van der Waals surface area contributed by atoms with Crippen LogP contribution in [0.5, 0.6) is 5.75 Å². The summed E-state index contributed by atoms with van der Waals surface area (Å²) in [4.78, 5) is 9.88. The Kier molecular flexibility index (Phi) is 4.77. The molecular weight excluding hydrogens is 249 g/mol. The zero-order valence-electron chi connectivity index (χ0n) is 8.21. The molecular formula is C7H7NNaO6S. The maximum absolute atomic E-state index is 10.7. The molecule has 1 aromatic rings. The van der Waals surface area contributed by atoms with Gasteiger partial charge in [-0.2, -0.15) is 8.42 Å². The first-order chi connectivity index (χ1) is 6.73. The van der Waals surface area contributed by atoms with Crippen molar-refractivity contribution in [1.29, 1.82) is 0 Å². The monoisotopic (exact) mass is 256 g/mol. The van der Waals surface area contributed by atoms with Crippen LogP contribution in [0.15, 0.2) is 17.0 Å². The minimum atomic E-state index is -4.55. The number of carboxylic acids is 1. The van der Waals surface area contributed by atoms with E-state index in [0.29, 0.717) is 6.07 Å². The Bertz CT molecular complexity index is 526. The van der Waals surface area contributed by atoms with E-state index in [1.165, 1.54) is 0 Å². The molecule has 0 aliphatic carbocycles. The Balaban J connectivity index is 0.00000225. The molecule has 0 amide bonds. The van der Waals surface area contributed by atoms with E-state index in [2.05, 4.69) is 0 Å². The molecule has 83 valence electrons. The molecule has 0 spiro atoms. The number of nitrogen functional groups attached to an aromatic ring is 1. The Labute approximate surface area is 113 Å². The van der Waals surface area contributed by atoms with E-state index in [-0.39, 0.29) is 29.6 Å². The zero-order chi connectivity index (χ0) is 11.8. The summed E-state index contributed by atoms with van der Waals surface area (Å²) in [5.41, 5.74) is 4.03. The average Bonchev–Trinajstić information content (AvgIpc) is 2.06. The predicted molar refractivity (Wildman–Crippen MR) is 55.0 cm³/mol. The van der Waals surface area contributed by atoms with E-state index in [4.69, 9.17) is 15.4 Å². The van der Waals surface area contributed by atoms with Crippen LogP contribution in [0.2, 0.25) is 0 Å². The number of rotatable bonds is 2. The largest absolute Gasteiger partial charge is 0.505 e. The van der Waals surface area contributed by atoms with Gasteiger partial charge in [-0.15, -0.1) is 0 Å². The molecule has 0 saturated carbocycles. The average molecular weight is 256 g/mol. The summed E-state index contributed by atoms with van der Waals surface area (Å²) in [6, 6.07) is 1.38. The number of nitrogens with two attached hydrogens (primary N) is 1. The molecule has 7 nitrogen and oxygen atoms in total. The quantitative estimate of drug-likeness (QED) is 0.243. The Hall–Kier alpha value is -0.800. The minimum Gasteiger partial charge on any atom is -0.505 e. The molecule has 1 radical (unpaired) electrons. The van der Waals surface area contributed by atoms with E-state index >= 15 is 0 Å². The third-order valence-electron chi connectivity index (χ3n) is 1.64. The van der Waals surface area contributed by atoms with Crippen LogP contribution in [0, 0.1) is 0 Å². The number of carbonyl (C=O) groups is 1. The van der Waals surface area contributed by atoms with Crippen LogP contribution in [-0.2, 0) is 10.1 Å². The Morgan fingerprint density at radius 3 is 2.19 bits per heavy atom. The number of anilines is 1. The fraction of sp³-hybridized carbons (Fsp3) is 0. The van der Waals surface area contributed by atoms with Crippen LogP contribution in [0.3, 0.4) is 0 Å². The van der Waals surface area contributed by atoms with Gasteiger partial charge < -0.3 is 15.9 Å². The van der Waals surface area contributed by atoms with Crippen LogP contribution in [0.4, 0.5) is 5.69 Å². The van der Waals surface area contributed by atoms with Crippen molar-refractivity contribution in [2.45, 2.75) is 4.90 Å². The van der Waals surface area contributed by atoms with E-state index in [0.717, 1.165) is 6.07 Å². The van der Waals surface area contributed by atoms with Crippen molar-refractivity contribution < 1.29 is 28.0 Å². The van der Waals surface area contributed by atoms with Gasteiger partial charge >= 0.3 is 5.97 Å². The van der Waals surface area contributed by atoms with Gasteiger partial charge in [0, 0.05) is 29.6 Å². The molecule has 0 bridgehead atoms. The summed E-state index contributed by atoms with van der Waals surface area (Å²) in [7, 11) is -4.55. The second-order valence-corrected chi connectivity index (χ2v) is 4.11. The normalized spacial score (nSPS) is 10.6. The number of phenols is 1. The van der Waals surface area contributed by atoms with E-state index in [1.807, 2.05) is 0 Å². The number of aromatic carboxylic acids is 1. The first-order valence-corrected chi connectivity index (χ1v) is 5.00. The summed E-state index contributed by atoms with van der Waals surface area (Å²) >= 11 is 0. The van der Waals surface area contributed by atoms with Crippen LogP contribution in [-0.4, -0.2) is 58.7 Å². The fourth-order valence-corrected chi connectivity index (χ4v) is 1.48. The van der Waals surface area contributed by atoms with E-state index in [1.54, 1.807) is 0 Å². The molecule has 1 aromatic carbocycles. The first-order valence-electron chi connectivity index (χ1n) is 3.56. The van der Waals surface area contributed by atoms with Gasteiger partial charge in [0.2, 0.25) is 0 Å². The van der Waals surface area contributed by atoms with Crippen molar-refractivity contribution in [3.8, 4) is 5.75 Å². The van der Waals surface area contributed by atoms with Crippen LogP contribution in [0.1, 0.15) is 10.4 Å². The zero-order valence-corrected chi connectivity index (χ0v) is 11.0. The third kappa shape index (κ3) is 3.09. The number of benzene rings is 1. The topological polar surface area (TPSA) is 138 Å². The Morgan fingerprint density at radius 2 is 1.81 bits per heavy atom. The maximum Gasteiger partial charge on any atom is 0.339 e. The summed E-state index contributed by atoms with van der Waals surface area (Å²) in [6.45, 7) is 0. The Morgan fingerprint density at radius 1 is 1.31 bits per heavy atom. The molecule has 0 saturated heterocycles. The van der Waals surface area contributed by atoms with Gasteiger partial charge in [-0.3, -0.25) is 4.55 Å². The third-order valence-corrected chi connectivity index (χ3v) is 2.47. The molecule has 16 heavy (non-hydrogen) atoms. The summed E-state index contributed by atoms with van der Waals surface area (Å²) in [6.07, 6.45) is 0. The molecule has 0 aromatic heterocycles. The van der Waals surface area contributed by atoms with Crippen molar-refractivity contribution in [2.75, 3.05) is 5.73 Å². The van der Waals surface area contributed by atoms with Crippen molar-refractivity contribution in [3.05, 3.63) is 17.7 Å². The smallest absolute Gasteiger partial charge is 0.339 e. The number of aromatic hydroxyl groups is 1. The summed E-state index contributed by atoms with van der Waals surface area (Å²) < 4.78 is 30.0. The molecule has 9 heteroatoms. The molecule has 0 heterocycles. The molecule has 0 aliphatic rings. The van der Waals surface area contributed by atoms with Gasteiger partial charge in [0.1, 0.15) is 5.56 Å². The first kappa shape index (κ1) is 15.2. The summed E-state index contributed by atoms with van der Waals surface area (Å²) in [5.74, 6) is -2.29. The van der Waals surface area contributed by atoms with Gasteiger partial charge in [-0.25, -0.2) is 4.79 Å². The predicted octanol–water partition coefficient (Wildman–Crippen LogP) is -0.462. The minimum absolute atomic E-state index is 0. The summed E-state index contributed by atoms with van der Waals surface area (Å²) in [5, 5.41) is 17.8. The standard InChI is InChI=1S/C7H7NO6S.Na/c8-5-2-3(15(12,13)14)1-4(6(5)9)7(10)11;/h1-2,9H,8H2,(H,10,11)(H,12,13,14);. The van der Waals surface area contributed by atoms with Crippen molar-refractivity contribution >= 4 is 51.3 Å². The van der Waals surface area contributed by atoms with Gasteiger partial charge in [0.15, 0.2) is 5.75 Å². The van der Waals surface area contributed by atoms with Crippen molar-refractivity contribution in [2.24, 2.45) is 0 Å². The SMILES string of the molecule is Nc1cc(S(=O)(=O)O)cc(C(=O)O)c1O.[Na]. The molecule has 0 aliphatic heterocycles. The second kappa shape index (κ2) is 5.02.